The van der Waals surface area contributed by atoms with Crippen molar-refractivity contribution in [3.05, 3.63) is 0 Å². The first-order valence-corrected chi connectivity index (χ1v) is 6.03. The molecule has 1 unspecified atom stereocenters. The topological polar surface area (TPSA) is 87.8 Å². The van der Waals surface area contributed by atoms with Crippen molar-refractivity contribution < 1.29 is 14.6 Å². The van der Waals surface area contributed by atoms with Gasteiger partial charge in [-0.1, -0.05) is 6.92 Å². The van der Waals surface area contributed by atoms with Gasteiger partial charge in [-0.2, -0.15) is 0 Å². The summed E-state index contributed by atoms with van der Waals surface area (Å²) in [4.78, 5) is 13.4. The van der Waals surface area contributed by atoms with Gasteiger partial charge in [0.25, 0.3) is 5.91 Å². The Morgan fingerprint density at radius 2 is 2.18 bits per heavy atom. The van der Waals surface area contributed by atoms with Crippen molar-refractivity contribution in [2.24, 2.45) is 5.84 Å². The van der Waals surface area contributed by atoms with Gasteiger partial charge in [-0.05, 0) is 13.5 Å². The van der Waals surface area contributed by atoms with Gasteiger partial charge in [0.1, 0.15) is 0 Å². The number of ether oxygens (including phenoxy) is 1. The van der Waals surface area contributed by atoms with Crippen LogP contribution in [-0.4, -0.2) is 54.4 Å². The van der Waals surface area contributed by atoms with Gasteiger partial charge in [0.2, 0.25) is 0 Å². The lowest BCUT2D eigenvalue weighted by Gasteiger charge is -2.37. The summed E-state index contributed by atoms with van der Waals surface area (Å²) in [6, 6.07) is -0.299. The molecular formula is C11H23N3O3. The van der Waals surface area contributed by atoms with Crippen LogP contribution in [0.2, 0.25) is 0 Å². The number of nitrogens with zero attached hydrogens (tertiary/aromatic N) is 1. The summed E-state index contributed by atoms with van der Waals surface area (Å²) in [5.74, 6) is 4.93. The van der Waals surface area contributed by atoms with Crippen LogP contribution in [0.4, 0.5) is 0 Å². The smallest absolute Gasteiger partial charge is 0.251 e. The van der Waals surface area contributed by atoms with Crippen LogP contribution in [0.15, 0.2) is 0 Å². The lowest BCUT2D eigenvalue weighted by Crippen LogP contribution is -2.53. The van der Waals surface area contributed by atoms with Crippen molar-refractivity contribution in [1.82, 2.24) is 10.3 Å². The molecule has 6 heteroatoms. The maximum atomic E-state index is 11.5. The van der Waals surface area contributed by atoms with Crippen LogP contribution < -0.4 is 11.3 Å². The summed E-state index contributed by atoms with van der Waals surface area (Å²) in [5.41, 5.74) is 1.41. The molecule has 0 saturated carbocycles. The zero-order chi connectivity index (χ0) is 12.9. The number of nitrogens with one attached hydrogen (secondary N) is 1. The molecule has 0 spiro atoms. The highest BCUT2D eigenvalue weighted by Gasteiger charge is 2.33. The first-order valence-electron chi connectivity index (χ1n) is 6.03. The first-order chi connectivity index (χ1) is 8.02. The Balaban J connectivity index is 2.56. The third-order valence-corrected chi connectivity index (χ3v) is 3.33. The lowest BCUT2D eigenvalue weighted by atomic mass is 9.93. The second-order valence-corrected chi connectivity index (χ2v) is 4.68. The fourth-order valence-corrected chi connectivity index (χ4v) is 2.28. The molecule has 1 amide bonds. The van der Waals surface area contributed by atoms with Crippen LogP contribution in [0, 0.1) is 0 Å². The van der Waals surface area contributed by atoms with Crippen LogP contribution in [0.3, 0.4) is 0 Å². The summed E-state index contributed by atoms with van der Waals surface area (Å²) in [6.45, 7) is 3.53. The van der Waals surface area contributed by atoms with Gasteiger partial charge < -0.3 is 9.84 Å². The molecule has 1 heterocycles. The quantitative estimate of drug-likeness (QED) is 0.336. The van der Waals surface area contributed by atoms with Gasteiger partial charge in [0, 0.05) is 32.6 Å². The van der Waals surface area contributed by atoms with Crippen molar-refractivity contribution in [3.8, 4) is 0 Å². The maximum absolute atomic E-state index is 11.5. The molecule has 100 valence electrons. The van der Waals surface area contributed by atoms with Crippen molar-refractivity contribution in [3.63, 3.8) is 0 Å². The Hall–Kier alpha value is -0.690. The number of hydrogen-bond donors (Lipinski definition) is 3. The number of amides is 1. The predicted octanol–water partition coefficient (Wildman–Crippen LogP) is -0.772. The molecule has 1 rings (SSSR count). The highest BCUT2D eigenvalue weighted by molar-refractivity contribution is 5.80. The highest BCUT2D eigenvalue weighted by Crippen LogP contribution is 2.22. The number of carbonyl (C=O) groups is 1. The molecule has 0 aliphatic carbocycles. The molecule has 0 aromatic heterocycles. The van der Waals surface area contributed by atoms with E-state index in [0.29, 0.717) is 39.0 Å². The predicted molar refractivity (Wildman–Crippen MR) is 64.0 cm³/mol. The zero-order valence-corrected chi connectivity index (χ0v) is 10.6. The Kier molecular flexibility index (Phi) is 5.32. The average Bonchev–Trinajstić information content (AvgIpc) is 2.29. The monoisotopic (exact) mass is 245 g/mol. The standard InChI is InChI=1S/C11H23N3O3/c1-3-9(10(15)13-12)14(2)8-11(16)4-6-17-7-5-11/h9,16H,3-8,12H2,1-2H3,(H,13,15). The van der Waals surface area contributed by atoms with E-state index in [9.17, 15) is 9.90 Å². The number of nitrogens with two attached hydrogens (primary N) is 1. The van der Waals surface area contributed by atoms with Crippen LogP contribution in [-0.2, 0) is 9.53 Å². The van der Waals surface area contributed by atoms with Crippen molar-refractivity contribution in [1.29, 1.82) is 0 Å². The van der Waals surface area contributed by atoms with Crippen LogP contribution in [0.5, 0.6) is 0 Å². The minimum atomic E-state index is -0.755. The van der Waals surface area contributed by atoms with Gasteiger partial charge in [-0.3, -0.25) is 15.1 Å². The van der Waals surface area contributed by atoms with Crippen LogP contribution >= 0.6 is 0 Å². The molecule has 1 fully saturated rings. The lowest BCUT2D eigenvalue weighted by molar-refractivity contribution is -0.129. The van der Waals surface area contributed by atoms with E-state index < -0.39 is 5.60 Å². The van der Waals surface area contributed by atoms with Gasteiger partial charge >= 0.3 is 0 Å². The Morgan fingerprint density at radius 1 is 1.59 bits per heavy atom. The number of rotatable bonds is 5. The van der Waals surface area contributed by atoms with E-state index in [0.717, 1.165) is 0 Å². The number of hydrogen-bond acceptors (Lipinski definition) is 5. The van der Waals surface area contributed by atoms with E-state index in [1.54, 1.807) is 0 Å². The number of aliphatic hydroxyl groups is 1. The van der Waals surface area contributed by atoms with Gasteiger partial charge in [-0.25, -0.2) is 5.84 Å². The number of carbonyl (C=O) groups excluding carboxylic acids is 1. The van der Waals surface area contributed by atoms with E-state index in [-0.39, 0.29) is 11.9 Å². The molecule has 1 aliphatic heterocycles. The van der Waals surface area contributed by atoms with E-state index in [1.807, 2.05) is 18.9 Å². The third-order valence-electron chi connectivity index (χ3n) is 3.33. The van der Waals surface area contributed by atoms with Gasteiger partial charge in [-0.15, -0.1) is 0 Å². The summed E-state index contributed by atoms with van der Waals surface area (Å²) >= 11 is 0. The molecular weight excluding hydrogens is 222 g/mol. The summed E-state index contributed by atoms with van der Waals surface area (Å²) < 4.78 is 5.22. The zero-order valence-electron chi connectivity index (χ0n) is 10.6. The molecule has 6 nitrogen and oxygen atoms in total. The molecule has 1 aliphatic rings. The molecule has 0 aromatic carbocycles. The number of hydrazine groups is 1. The summed E-state index contributed by atoms with van der Waals surface area (Å²) in [6.07, 6.45) is 1.88. The third kappa shape index (κ3) is 3.92. The van der Waals surface area contributed by atoms with Crippen molar-refractivity contribution in [2.45, 2.75) is 37.8 Å². The molecule has 17 heavy (non-hydrogen) atoms. The Morgan fingerprint density at radius 3 is 2.65 bits per heavy atom. The Labute approximate surface area is 102 Å². The van der Waals surface area contributed by atoms with Gasteiger partial charge in [0.05, 0.1) is 11.6 Å². The highest BCUT2D eigenvalue weighted by atomic mass is 16.5. The molecule has 4 N–H and O–H groups in total. The Bertz CT molecular complexity index is 254. The summed E-state index contributed by atoms with van der Waals surface area (Å²) in [7, 11) is 1.83. The van der Waals surface area contributed by atoms with Gasteiger partial charge in [0.15, 0.2) is 0 Å². The van der Waals surface area contributed by atoms with E-state index in [2.05, 4.69) is 5.43 Å². The summed E-state index contributed by atoms with van der Waals surface area (Å²) in [5, 5.41) is 10.4. The number of likely N-dealkylation sites (N-methyl/N-ethyl adjacent to an activating group) is 1. The maximum Gasteiger partial charge on any atom is 0.251 e. The fraction of sp³-hybridized carbons (Fsp3) is 0.909. The second kappa shape index (κ2) is 6.30. The van der Waals surface area contributed by atoms with Crippen molar-refractivity contribution in [2.75, 3.05) is 26.8 Å². The molecule has 0 aromatic rings. The molecule has 0 bridgehead atoms. The van der Waals surface area contributed by atoms with E-state index in [4.69, 9.17) is 10.6 Å². The SMILES string of the molecule is CCC(C(=O)NN)N(C)CC1(O)CCOCC1. The van der Waals surface area contributed by atoms with Crippen molar-refractivity contribution >= 4 is 5.91 Å². The molecule has 0 radical (unpaired) electrons. The fourth-order valence-electron chi connectivity index (χ4n) is 2.28. The van der Waals surface area contributed by atoms with Crippen LogP contribution in [0.1, 0.15) is 26.2 Å². The minimum absolute atomic E-state index is 0.217. The largest absolute Gasteiger partial charge is 0.388 e. The van der Waals surface area contributed by atoms with Crippen LogP contribution in [0.25, 0.3) is 0 Å². The molecule has 1 atom stereocenters. The van der Waals surface area contributed by atoms with E-state index in [1.165, 1.54) is 0 Å². The first kappa shape index (κ1) is 14.4. The molecule has 1 saturated heterocycles. The normalized spacial score (nSPS) is 21.2. The minimum Gasteiger partial charge on any atom is -0.388 e. The second-order valence-electron chi connectivity index (χ2n) is 4.68. The van der Waals surface area contributed by atoms with E-state index >= 15 is 0 Å². The average molecular weight is 245 g/mol.